The van der Waals surface area contributed by atoms with Gasteiger partial charge in [-0.25, -0.2) is 10.5 Å². The molecule has 0 bridgehead atoms. The van der Waals surface area contributed by atoms with E-state index in [9.17, 15) is 0 Å². The van der Waals surface area contributed by atoms with Gasteiger partial charge < -0.3 is 4.74 Å². The van der Waals surface area contributed by atoms with Crippen LogP contribution in [-0.2, 0) is 4.74 Å². The number of aliphatic imine (C=N–C) groups is 1. The van der Waals surface area contributed by atoms with Crippen molar-refractivity contribution in [3.63, 3.8) is 0 Å². The van der Waals surface area contributed by atoms with Crippen molar-refractivity contribution in [2.75, 3.05) is 7.11 Å². The van der Waals surface area contributed by atoms with Gasteiger partial charge in [0.15, 0.2) is 0 Å². The normalized spacial score (nSPS) is 34.2. The van der Waals surface area contributed by atoms with Crippen LogP contribution in [0.1, 0.15) is 12.8 Å². The Morgan fingerprint density at radius 1 is 1.58 bits per heavy atom. The van der Waals surface area contributed by atoms with Crippen LogP contribution in [0.5, 0.6) is 0 Å². The van der Waals surface area contributed by atoms with E-state index in [-0.39, 0.29) is 18.2 Å². The standard InChI is InChI=1S/C8H13N3O/c1-3-10-6-4-5-7(12-2)8(6)11-9/h6-9H,1,4-5H2,2H3. The van der Waals surface area contributed by atoms with Crippen LogP contribution in [0.4, 0.5) is 0 Å². The summed E-state index contributed by atoms with van der Waals surface area (Å²) in [5.41, 5.74) is 6.98. The lowest BCUT2D eigenvalue weighted by molar-refractivity contribution is 0.0924. The number of rotatable bonds is 3. The Morgan fingerprint density at radius 3 is 2.83 bits per heavy atom. The van der Waals surface area contributed by atoms with Crippen LogP contribution in [0.25, 0.3) is 0 Å². The van der Waals surface area contributed by atoms with Crippen LogP contribution < -0.4 is 0 Å². The average molecular weight is 167 g/mol. The van der Waals surface area contributed by atoms with Gasteiger partial charge >= 0.3 is 0 Å². The number of ether oxygens (including phenoxy) is 1. The first-order valence-corrected chi connectivity index (χ1v) is 3.94. The van der Waals surface area contributed by atoms with Gasteiger partial charge in [-0.05, 0) is 25.3 Å². The lowest BCUT2D eigenvalue weighted by Gasteiger charge is -2.14. The van der Waals surface area contributed by atoms with E-state index in [1.54, 1.807) is 7.11 Å². The van der Waals surface area contributed by atoms with Crippen molar-refractivity contribution in [1.82, 2.24) is 0 Å². The van der Waals surface area contributed by atoms with Crippen LogP contribution in [0.15, 0.2) is 16.7 Å². The minimum absolute atomic E-state index is 0.0459. The van der Waals surface area contributed by atoms with Crippen molar-refractivity contribution < 1.29 is 4.74 Å². The zero-order chi connectivity index (χ0) is 8.97. The molecule has 3 atom stereocenters. The van der Waals surface area contributed by atoms with Crippen molar-refractivity contribution in [1.29, 1.82) is 5.53 Å². The number of methoxy groups -OCH3 is 1. The minimum Gasteiger partial charge on any atom is -0.379 e. The lowest BCUT2D eigenvalue weighted by atomic mass is 10.2. The molecule has 1 fully saturated rings. The molecule has 1 saturated carbocycles. The molecule has 0 aromatic heterocycles. The molecule has 3 unspecified atom stereocenters. The molecule has 0 aromatic rings. The summed E-state index contributed by atoms with van der Waals surface area (Å²) in [7, 11) is 1.64. The first-order valence-electron chi connectivity index (χ1n) is 3.94. The van der Waals surface area contributed by atoms with Crippen LogP contribution in [0.2, 0.25) is 0 Å². The Morgan fingerprint density at radius 2 is 2.33 bits per heavy atom. The molecule has 4 nitrogen and oxygen atoms in total. The van der Waals surface area contributed by atoms with Gasteiger partial charge in [-0.2, -0.15) is 5.11 Å². The van der Waals surface area contributed by atoms with Crippen molar-refractivity contribution in [2.24, 2.45) is 10.1 Å². The van der Waals surface area contributed by atoms with Gasteiger partial charge in [0.05, 0.1) is 12.1 Å². The maximum Gasteiger partial charge on any atom is 0.120 e. The Hall–Kier alpha value is -0.990. The van der Waals surface area contributed by atoms with Crippen LogP contribution >= 0.6 is 0 Å². The molecule has 12 heavy (non-hydrogen) atoms. The molecular formula is C8H13N3O. The SMILES string of the molecule is C=C=NC1CCC(OC)C1N=N. The highest BCUT2D eigenvalue weighted by Gasteiger charge is 2.36. The third-order valence-electron chi connectivity index (χ3n) is 2.23. The van der Waals surface area contributed by atoms with Gasteiger partial charge in [-0.1, -0.05) is 0 Å². The Labute approximate surface area is 71.8 Å². The largest absolute Gasteiger partial charge is 0.379 e. The fourth-order valence-electron chi connectivity index (χ4n) is 1.61. The van der Waals surface area contributed by atoms with E-state index in [2.05, 4.69) is 22.6 Å². The molecule has 0 aromatic carbocycles. The smallest absolute Gasteiger partial charge is 0.120 e. The summed E-state index contributed by atoms with van der Waals surface area (Å²) >= 11 is 0. The van der Waals surface area contributed by atoms with Crippen molar-refractivity contribution in [3.05, 3.63) is 6.58 Å². The third-order valence-corrected chi connectivity index (χ3v) is 2.23. The minimum atomic E-state index is -0.135. The summed E-state index contributed by atoms with van der Waals surface area (Å²) in [4.78, 5) is 4.02. The number of hydrogen-bond acceptors (Lipinski definition) is 4. The van der Waals surface area contributed by atoms with Gasteiger partial charge in [0.25, 0.3) is 0 Å². The van der Waals surface area contributed by atoms with Crippen LogP contribution in [0, 0.1) is 5.53 Å². The average Bonchev–Trinajstić information content (AvgIpc) is 2.47. The molecule has 0 spiro atoms. The van der Waals surface area contributed by atoms with Crippen LogP contribution in [0.3, 0.4) is 0 Å². The highest BCUT2D eigenvalue weighted by molar-refractivity contribution is 5.47. The van der Waals surface area contributed by atoms with Gasteiger partial charge in [-0.3, -0.25) is 0 Å². The van der Waals surface area contributed by atoms with Crippen molar-refractivity contribution in [2.45, 2.75) is 31.0 Å². The fourth-order valence-corrected chi connectivity index (χ4v) is 1.61. The Balaban J connectivity index is 2.67. The summed E-state index contributed by atoms with van der Waals surface area (Å²) < 4.78 is 5.17. The van der Waals surface area contributed by atoms with Crippen molar-refractivity contribution in [3.8, 4) is 0 Å². The Bertz CT molecular complexity index is 210. The molecule has 0 amide bonds. The highest BCUT2D eigenvalue weighted by atomic mass is 16.5. The molecule has 4 heteroatoms. The maximum atomic E-state index is 6.98. The van der Waals surface area contributed by atoms with Gasteiger partial charge in [0, 0.05) is 7.11 Å². The van der Waals surface area contributed by atoms with E-state index >= 15 is 0 Å². The van der Waals surface area contributed by atoms with E-state index in [1.165, 1.54) is 0 Å². The molecule has 0 saturated heterocycles. The molecule has 66 valence electrons. The van der Waals surface area contributed by atoms with E-state index in [0.29, 0.717) is 0 Å². The summed E-state index contributed by atoms with van der Waals surface area (Å²) in [6.45, 7) is 3.41. The first kappa shape index (κ1) is 9.10. The second-order valence-electron chi connectivity index (χ2n) is 2.83. The van der Waals surface area contributed by atoms with E-state index in [0.717, 1.165) is 12.8 Å². The Kier molecular flexibility index (Phi) is 3.14. The number of hydrogen-bond donors (Lipinski definition) is 1. The second kappa shape index (κ2) is 4.14. The number of nitrogens with one attached hydrogen (secondary N) is 1. The lowest BCUT2D eigenvalue weighted by Crippen LogP contribution is -2.26. The van der Waals surface area contributed by atoms with E-state index < -0.39 is 0 Å². The van der Waals surface area contributed by atoms with E-state index in [4.69, 9.17) is 10.3 Å². The van der Waals surface area contributed by atoms with Gasteiger partial charge in [-0.15, -0.1) is 0 Å². The third kappa shape index (κ3) is 1.60. The molecule has 1 rings (SSSR count). The number of nitrogens with zero attached hydrogens (tertiary/aromatic N) is 2. The zero-order valence-electron chi connectivity index (χ0n) is 7.16. The molecule has 1 aliphatic rings. The zero-order valence-corrected chi connectivity index (χ0v) is 7.16. The molecule has 0 aliphatic heterocycles. The topological polar surface area (TPSA) is 57.8 Å². The fraction of sp³-hybridized carbons (Fsp3) is 0.750. The summed E-state index contributed by atoms with van der Waals surface area (Å²) in [5.74, 6) is 2.49. The molecule has 1 N–H and O–H groups in total. The molecule has 0 heterocycles. The quantitative estimate of drug-likeness (QED) is 0.501. The van der Waals surface area contributed by atoms with E-state index in [1.807, 2.05) is 0 Å². The van der Waals surface area contributed by atoms with Gasteiger partial charge in [0.2, 0.25) is 0 Å². The van der Waals surface area contributed by atoms with Crippen molar-refractivity contribution >= 4 is 5.87 Å². The van der Waals surface area contributed by atoms with Gasteiger partial charge in [0.1, 0.15) is 6.04 Å². The first-order chi connectivity index (χ1) is 5.83. The molecule has 1 aliphatic carbocycles. The summed E-state index contributed by atoms with van der Waals surface area (Å²) in [6.07, 6.45) is 1.87. The monoisotopic (exact) mass is 167 g/mol. The predicted molar refractivity (Wildman–Crippen MR) is 45.8 cm³/mol. The summed E-state index contributed by atoms with van der Waals surface area (Å²) in [6, 6.07) is -0.0887. The molecular weight excluding hydrogens is 154 g/mol. The second-order valence-corrected chi connectivity index (χ2v) is 2.83. The maximum absolute atomic E-state index is 6.98. The highest BCUT2D eigenvalue weighted by Crippen LogP contribution is 2.27. The predicted octanol–water partition coefficient (Wildman–Crippen LogP) is 1.42. The summed E-state index contributed by atoms with van der Waals surface area (Å²) in [5, 5.41) is 3.50. The van der Waals surface area contributed by atoms with Crippen LogP contribution in [-0.4, -0.2) is 31.2 Å². The molecule has 0 radical (unpaired) electrons.